The molecular weight excluding hydrogens is 174 g/mol. The van der Waals surface area contributed by atoms with Crippen molar-refractivity contribution in [2.45, 2.75) is 58.9 Å². The molecule has 1 fully saturated rings. The first kappa shape index (κ1) is 11.5. The van der Waals surface area contributed by atoms with Crippen molar-refractivity contribution in [2.24, 2.45) is 11.8 Å². The second-order valence-corrected chi connectivity index (χ2v) is 4.79. The molecule has 1 rings (SSSR count). The Hall–Kier alpha value is -0.530. The first-order chi connectivity index (χ1) is 6.63. The summed E-state index contributed by atoms with van der Waals surface area (Å²) in [5, 5.41) is 3.01. The molecule has 1 amide bonds. The van der Waals surface area contributed by atoms with Crippen LogP contribution in [-0.4, -0.2) is 11.9 Å². The lowest BCUT2D eigenvalue weighted by molar-refractivity contribution is -0.126. The van der Waals surface area contributed by atoms with E-state index in [1.807, 2.05) is 13.8 Å². The summed E-state index contributed by atoms with van der Waals surface area (Å²) in [7, 11) is 0. The molecule has 0 aromatic carbocycles. The Balaban J connectivity index is 2.30. The van der Waals surface area contributed by atoms with Crippen molar-refractivity contribution in [1.82, 2.24) is 5.32 Å². The van der Waals surface area contributed by atoms with Crippen molar-refractivity contribution in [3.05, 3.63) is 0 Å². The molecule has 0 radical (unpaired) electrons. The van der Waals surface area contributed by atoms with Gasteiger partial charge < -0.3 is 5.32 Å². The number of hydrogen-bond acceptors (Lipinski definition) is 1. The quantitative estimate of drug-likeness (QED) is 0.740. The summed E-state index contributed by atoms with van der Waals surface area (Å²) in [5.74, 6) is 1.44. The largest absolute Gasteiger partial charge is 0.354 e. The van der Waals surface area contributed by atoms with E-state index in [-0.39, 0.29) is 11.9 Å². The van der Waals surface area contributed by atoms with Crippen molar-refractivity contribution < 1.29 is 4.79 Å². The van der Waals surface area contributed by atoms with Gasteiger partial charge in [0, 0.05) is 12.0 Å². The molecule has 0 saturated heterocycles. The molecule has 82 valence electrons. The number of amides is 1. The average molecular weight is 197 g/mol. The number of nitrogens with one attached hydrogen (secondary N) is 1. The van der Waals surface area contributed by atoms with E-state index in [9.17, 15) is 4.79 Å². The standard InChI is InChI=1S/C12H23NO/c1-4-10-5-7-11(8-6-10)12(14)13-9(2)3/h9-11H,4-8H2,1-3H3,(H,13,14)/t10-,11-. The molecular formula is C12H23NO. The summed E-state index contributed by atoms with van der Waals surface area (Å²) in [6, 6.07) is 0.284. The van der Waals surface area contributed by atoms with Crippen molar-refractivity contribution in [2.75, 3.05) is 0 Å². The van der Waals surface area contributed by atoms with Crippen LogP contribution in [0.25, 0.3) is 0 Å². The maximum Gasteiger partial charge on any atom is 0.223 e. The van der Waals surface area contributed by atoms with Crippen LogP contribution in [-0.2, 0) is 4.79 Å². The molecule has 0 atom stereocenters. The van der Waals surface area contributed by atoms with E-state index in [0.717, 1.165) is 18.8 Å². The Labute approximate surface area is 87.5 Å². The van der Waals surface area contributed by atoms with Crippen molar-refractivity contribution >= 4 is 5.91 Å². The summed E-state index contributed by atoms with van der Waals surface area (Å²) >= 11 is 0. The molecule has 0 unspecified atom stereocenters. The maximum atomic E-state index is 11.7. The molecule has 0 aliphatic heterocycles. The van der Waals surface area contributed by atoms with E-state index in [1.54, 1.807) is 0 Å². The van der Waals surface area contributed by atoms with Gasteiger partial charge >= 0.3 is 0 Å². The molecule has 1 aliphatic rings. The van der Waals surface area contributed by atoms with Gasteiger partial charge in [0.2, 0.25) is 5.91 Å². The molecule has 1 aliphatic carbocycles. The van der Waals surface area contributed by atoms with E-state index >= 15 is 0 Å². The lowest BCUT2D eigenvalue weighted by atomic mass is 9.80. The van der Waals surface area contributed by atoms with Gasteiger partial charge in [-0.2, -0.15) is 0 Å². The first-order valence-electron chi connectivity index (χ1n) is 5.93. The van der Waals surface area contributed by atoms with E-state index in [0.29, 0.717) is 5.92 Å². The van der Waals surface area contributed by atoms with Gasteiger partial charge in [-0.3, -0.25) is 4.79 Å². The van der Waals surface area contributed by atoms with Gasteiger partial charge in [0.1, 0.15) is 0 Å². The maximum absolute atomic E-state index is 11.7. The van der Waals surface area contributed by atoms with E-state index < -0.39 is 0 Å². The summed E-state index contributed by atoms with van der Waals surface area (Å²) in [6.45, 7) is 6.30. The predicted octanol–water partition coefficient (Wildman–Crippen LogP) is 2.73. The second kappa shape index (κ2) is 5.38. The molecule has 1 N–H and O–H groups in total. The topological polar surface area (TPSA) is 29.1 Å². The molecule has 0 spiro atoms. The van der Waals surface area contributed by atoms with Crippen molar-refractivity contribution in [3.8, 4) is 0 Å². The number of carbonyl (C=O) groups is 1. The van der Waals surface area contributed by atoms with Crippen LogP contribution < -0.4 is 5.32 Å². The molecule has 0 aromatic rings. The zero-order valence-electron chi connectivity index (χ0n) is 9.68. The third kappa shape index (κ3) is 3.32. The Morgan fingerprint density at radius 3 is 2.29 bits per heavy atom. The van der Waals surface area contributed by atoms with Crippen LogP contribution in [0.1, 0.15) is 52.9 Å². The minimum absolute atomic E-state index is 0.273. The van der Waals surface area contributed by atoms with Crippen LogP contribution in [0.2, 0.25) is 0 Å². The molecule has 0 bridgehead atoms. The highest BCUT2D eigenvalue weighted by Gasteiger charge is 2.25. The van der Waals surface area contributed by atoms with Crippen molar-refractivity contribution in [1.29, 1.82) is 0 Å². The molecule has 2 nitrogen and oxygen atoms in total. The molecule has 0 heterocycles. The van der Waals surface area contributed by atoms with Gasteiger partial charge in [0.05, 0.1) is 0 Å². The fraction of sp³-hybridized carbons (Fsp3) is 0.917. The van der Waals surface area contributed by atoms with Gasteiger partial charge in [-0.1, -0.05) is 13.3 Å². The fourth-order valence-electron chi connectivity index (χ4n) is 2.24. The van der Waals surface area contributed by atoms with E-state index in [1.165, 1.54) is 19.3 Å². The Kier molecular flexibility index (Phi) is 4.43. The minimum Gasteiger partial charge on any atom is -0.354 e. The van der Waals surface area contributed by atoms with Crippen molar-refractivity contribution in [3.63, 3.8) is 0 Å². The van der Waals surface area contributed by atoms with Crippen LogP contribution in [0.3, 0.4) is 0 Å². The van der Waals surface area contributed by atoms with Crippen LogP contribution in [0.4, 0.5) is 0 Å². The van der Waals surface area contributed by atoms with Crippen LogP contribution in [0, 0.1) is 11.8 Å². The van der Waals surface area contributed by atoms with Gasteiger partial charge in [0.15, 0.2) is 0 Å². The van der Waals surface area contributed by atoms with Crippen LogP contribution >= 0.6 is 0 Å². The van der Waals surface area contributed by atoms with E-state index in [2.05, 4.69) is 12.2 Å². The minimum atomic E-state index is 0.273. The summed E-state index contributed by atoms with van der Waals surface area (Å²) in [6.07, 6.45) is 5.95. The van der Waals surface area contributed by atoms with Crippen LogP contribution in [0.15, 0.2) is 0 Å². The van der Waals surface area contributed by atoms with Gasteiger partial charge in [-0.25, -0.2) is 0 Å². The smallest absolute Gasteiger partial charge is 0.223 e. The number of carbonyl (C=O) groups excluding carboxylic acids is 1. The van der Waals surface area contributed by atoms with Gasteiger partial charge in [0.25, 0.3) is 0 Å². The fourth-order valence-corrected chi connectivity index (χ4v) is 2.24. The molecule has 0 aromatic heterocycles. The second-order valence-electron chi connectivity index (χ2n) is 4.79. The Morgan fingerprint density at radius 2 is 1.86 bits per heavy atom. The monoisotopic (exact) mass is 197 g/mol. The lowest BCUT2D eigenvalue weighted by Gasteiger charge is -2.27. The highest BCUT2D eigenvalue weighted by Crippen LogP contribution is 2.30. The Bertz CT molecular complexity index is 181. The highest BCUT2D eigenvalue weighted by atomic mass is 16.1. The number of rotatable bonds is 3. The third-order valence-electron chi connectivity index (χ3n) is 3.23. The predicted molar refractivity (Wildman–Crippen MR) is 59.0 cm³/mol. The zero-order chi connectivity index (χ0) is 10.6. The summed E-state index contributed by atoms with van der Waals surface area (Å²) < 4.78 is 0. The van der Waals surface area contributed by atoms with Gasteiger partial charge in [-0.05, 0) is 45.4 Å². The third-order valence-corrected chi connectivity index (χ3v) is 3.23. The highest BCUT2D eigenvalue weighted by molar-refractivity contribution is 5.78. The Morgan fingerprint density at radius 1 is 1.29 bits per heavy atom. The summed E-state index contributed by atoms with van der Waals surface area (Å²) in [4.78, 5) is 11.7. The zero-order valence-corrected chi connectivity index (χ0v) is 9.68. The average Bonchev–Trinajstić information content (AvgIpc) is 2.17. The molecule has 1 saturated carbocycles. The van der Waals surface area contributed by atoms with E-state index in [4.69, 9.17) is 0 Å². The first-order valence-corrected chi connectivity index (χ1v) is 5.93. The lowest BCUT2D eigenvalue weighted by Crippen LogP contribution is -2.37. The molecule has 14 heavy (non-hydrogen) atoms. The van der Waals surface area contributed by atoms with Crippen LogP contribution in [0.5, 0.6) is 0 Å². The van der Waals surface area contributed by atoms with Gasteiger partial charge in [-0.15, -0.1) is 0 Å². The normalized spacial score (nSPS) is 27.7. The summed E-state index contributed by atoms with van der Waals surface area (Å²) in [5.41, 5.74) is 0. The number of hydrogen-bond donors (Lipinski definition) is 1. The molecule has 2 heteroatoms. The SMILES string of the molecule is CC[C@H]1CC[C@H](C(=O)NC(C)C)CC1.